The van der Waals surface area contributed by atoms with Gasteiger partial charge in [-0.05, 0) is 41.8 Å². The molecule has 0 heterocycles. The van der Waals surface area contributed by atoms with Crippen molar-refractivity contribution in [2.75, 3.05) is 19.1 Å². The van der Waals surface area contributed by atoms with Crippen molar-refractivity contribution in [3.05, 3.63) is 59.2 Å². The van der Waals surface area contributed by atoms with Crippen LogP contribution < -0.4 is 9.64 Å². The van der Waals surface area contributed by atoms with Crippen molar-refractivity contribution >= 4 is 21.6 Å². The first kappa shape index (κ1) is 14.9. The van der Waals surface area contributed by atoms with Gasteiger partial charge in [-0.1, -0.05) is 40.2 Å². The van der Waals surface area contributed by atoms with E-state index in [0.717, 1.165) is 17.6 Å². The van der Waals surface area contributed by atoms with Crippen LogP contribution in [0, 0.1) is 6.92 Å². The Morgan fingerprint density at radius 3 is 2.55 bits per heavy atom. The summed E-state index contributed by atoms with van der Waals surface area (Å²) in [5.74, 6) is 0.905. The summed E-state index contributed by atoms with van der Waals surface area (Å²) in [4.78, 5) is 2.27. The molecule has 20 heavy (non-hydrogen) atoms. The minimum Gasteiger partial charge on any atom is -0.497 e. The van der Waals surface area contributed by atoms with E-state index >= 15 is 0 Å². The SMILES string of the molecule is COc1cccc(CN(C)c2ccc(CBr)cc2C)c1. The highest BCUT2D eigenvalue weighted by Gasteiger charge is 2.06. The number of aryl methyl sites for hydroxylation is 1. The van der Waals surface area contributed by atoms with Crippen molar-refractivity contribution in [1.82, 2.24) is 0 Å². The molecule has 0 N–H and O–H groups in total. The van der Waals surface area contributed by atoms with E-state index in [2.05, 4.69) is 65.1 Å². The van der Waals surface area contributed by atoms with Crippen molar-refractivity contribution in [3.63, 3.8) is 0 Å². The van der Waals surface area contributed by atoms with Crippen LogP contribution >= 0.6 is 15.9 Å². The van der Waals surface area contributed by atoms with Crippen molar-refractivity contribution in [3.8, 4) is 5.75 Å². The Kier molecular flexibility index (Phi) is 5.07. The average Bonchev–Trinajstić information content (AvgIpc) is 2.47. The van der Waals surface area contributed by atoms with Crippen LogP contribution in [0.3, 0.4) is 0 Å². The monoisotopic (exact) mass is 333 g/mol. The molecule has 2 aromatic rings. The van der Waals surface area contributed by atoms with Crippen molar-refractivity contribution < 1.29 is 4.74 Å². The molecule has 0 aliphatic carbocycles. The number of methoxy groups -OCH3 is 1. The van der Waals surface area contributed by atoms with Gasteiger partial charge in [-0.15, -0.1) is 0 Å². The number of anilines is 1. The highest BCUT2D eigenvalue weighted by atomic mass is 79.9. The molecule has 3 heteroatoms. The average molecular weight is 334 g/mol. The highest BCUT2D eigenvalue weighted by Crippen LogP contribution is 2.23. The number of halogens is 1. The van der Waals surface area contributed by atoms with Gasteiger partial charge < -0.3 is 9.64 Å². The zero-order chi connectivity index (χ0) is 14.5. The lowest BCUT2D eigenvalue weighted by atomic mass is 10.1. The number of benzene rings is 2. The molecular weight excluding hydrogens is 314 g/mol. The quantitative estimate of drug-likeness (QED) is 0.745. The smallest absolute Gasteiger partial charge is 0.119 e. The summed E-state index contributed by atoms with van der Waals surface area (Å²) in [6.07, 6.45) is 0. The van der Waals surface area contributed by atoms with Crippen LogP contribution in [0.2, 0.25) is 0 Å². The number of hydrogen-bond donors (Lipinski definition) is 0. The second kappa shape index (κ2) is 6.80. The van der Waals surface area contributed by atoms with Crippen molar-refractivity contribution in [1.29, 1.82) is 0 Å². The van der Waals surface area contributed by atoms with Crippen LogP contribution in [0.5, 0.6) is 5.75 Å². The third kappa shape index (κ3) is 3.54. The maximum atomic E-state index is 5.27. The maximum absolute atomic E-state index is 5.27. The third-order valence-electron chi connectivity index (χ3n) is 3.38. The molecule has 0 saturated heterocycles. The molecule has 2 nitrogen and oxygen atoms in total. The summed E-state index contributed by atoms with van der Waals surface area (Å²) < 4.78 is 5.27. The molecule has 0 unspecified atom stereocenters. The summed E-state index contributed by atoms with van der Waals surface area (Å²) in [7, 11) is 3.82. The standard InChI is InChI=1S/C17H20BrNO/c1-13-9-14(11-18)7-8-17(13)19(2)12-15-5-4-6-16(10-15)20-3/h4-10H,11-12H2,1-3H3. The molecule has 106 valence electrons. The second-order valence-corrected chi connectivity index (χ2v) is 5.52. The minimum atomic E-state index is 0.867. The van der Waals surface area contributed by atoms with E-state index in [1.165, 1.54) is 22.4 Å². The third-order valence-corrected chi connectivity index (χ3v) is 4.03. The van der Waals surface area contributed by atoms with Crippen LogP contribution in [0.15, 0.2) is 42.5 Å². The minimum absolute atomic E-state index is 0.867. The first-order valence-corrected chi connectivity index (χ1v) is 7.75. The van der Waals surface area contributed by atoms with Crippen LogP contribution in [0.25, 0.3) is 0 Å². The number of rotatable bonds is 5. The Morgan fingerprint density at radius 2 is 1.90 bits per heavy atom. The Morgan fingerprint density at radius 1 is 1.10 bits per heavy atom. The lowest BCUT2D eigenvalue weighted by Crippen LogP contribution is -2.17. The molecule has 0 aliphatic heterocycles. The summed E-state index contributed by atoms with van der Waals surface area (Å²) in [5, 5.41) is 0.897. The summed E-state index contributed by atoms with van der Waals surface area (Å²) in [6.45, 7) is 3.02. The summed E-state index contributed by atoms with van der Waals surface area (Å²) in [5.41, 5.74) is 5.11. The first-order valence-electron chi connectivity index (χ1n) is 6.63. The molecular formula is C17H20BrNO. The van der Waals surface area contributed by atoms with Crippen LogP contribution in [0.4, 0.5) is 5.69 Å². The Labute approximate surface area is 129 Å². The molecule has 0 amide bonds. The molecule has 0 fully saturated rings. The van der Waals surface area contributed by atoms with Crippen LogP contribution in [0.1, 0.15) is 16.7 Å². The van der Waals surface area contributed by atoms with E-state index in [1.54, 1.807) is 7.11 Å². The molecule has 0 aliphatic rings. The zero-order valence-electron chi connectivity index (χ0n) is 12.2. The normalized spacial score (nSPS) is 10.4. The number of alkyl halides is 1. The van der Waals surface area contributed by atoms with E-state index in [4.69, 9.17) is 4.74 Å². The molecule has 0 spiro atoms. The number of ether oxygens (including phenoxy) is 1. The Bertz CT molecular complexity index is 583. The predicted octanol–water partition coefficient (Wildman–Crippen LogP) is 4.53. The van der Waals surface area contributed by atoms with Gasteiger partial charge in [0, 0.05) is 24.6 Å². The van der Waals surface area contributed by atoms with Crippen LogP contribution in [-0.2, 0) is 11.9 Å². The lowest BCUT2D eigenvalue weighted by Gasteiger charge is -2.22. The fourth-order valence-electron chi connectivity index (χ4n) is 2.36. The Hall–Kier alpha value is -1.48. The van der Waals surface area contributed by atoms with Crippen LogP contribution in [-0.4, -0.2) is 14.2 Å². The van der Waals surface area contributed by atoms with Gasteiger partial charge >= 0.3 is 0 Å². The van der Waals surface area contributed by atoms with E-state index in [-0.39, 0.29) is 0 Å². The first-order chi connectivity index (χ1) is 9.63. The molecule has 2 rings (SSSR count). The van der Waals surface area contributed by atoms with E-state index in [0.29, 0.717) is 0 Å². The summed E-state index contributed by atoms with van der Waals surface area (Å²) in [6, 6.07) is 14.8. The molecule has 0 saturated carbocycles. The Balaban J connectivity index is 2.16. The van der Waals surface area contributed by atoms with Crippen molar-refractivity contribution in [2.45, 2.75) is 18.8 Å². The molecule has 0 radical (unpaired) electrons. The van der Waals surface area contributed by atoms with Gasteiger partial charge in [0.05, 0.1) is 7.11 Å². The van der Waals surface area contributed by atoms with E-state index < -0.39 is 0 Å². The van der Waals surface area contributed by atoms with Crippen molar-refractivity contribution in [2.24, 2.45) is 0 Å². The van der Waals surface area contributed by atoms with Gasteiger partial charge in [0.15, 0.2) is 0 Å². The molecule has 0 aromatic heterocycles. The van der Waals surface area contributed by atoms with Gasteiger partial charge in [0.25, 0.3) is 0 Å². The van der Waals surface area contributed by atoms with Gasteiger partial charge in [0.2, 0.25) is 0 Å². The highest BCUT2D eigenvalue weighted by molar-refractivity contribution is 9.08. The number of nitrogens with zero attached hydrogens (tertiary/aromatic N) is 1. The molecule has 2 aromatic carbocycles. The fraction of sp³-hybridized carbons (Fsp3) is 0.294. The lowest BCUT2D eigenvalue weighted by molar-refractivity contribution is 0.414. The van der Waals surface area contributed by atoms with Gasteiger partial charge in [-0.25, -0.2) is 0 Å². The predicted molar refractivity (Wildman–Crippen MR) is 88.9 cm³/mol. The second-order valence-electron chi connectivity index (χ2n) is 4.96. The molecule has 0 atom stereocenters. The topological polar surface area (TPSA) is 12.5 Å². The van der Waals surface area contributed by atoms with Gasteiger partial charge in [-0.2, -0.15) is 0 Å². The van der Waals surface area contributed by atoms with E-state index in [9.17, 15) is 0 Å². The number of hydrogen-bond acceptors (Lipinski definition) is 2. The van der Waals surface area contributed by atoms with E-state index in [1.807, 2.05) is 12.1 Å². The van der Waals surface area contributed by atoms with Gasteiger partial charge in [-0.3, -0.25) is 0 Å². The zero-order valence-corrected chi connectivity index (χ0v) is 13.8. The fourth-order valence-corrected chi connectivity index (χ4v) is 2.71. The molecule has 0 bridgehead atoms. The maximum Gasteiger partial charge on any atom is 0.119 e. The largest absolute Gasteiger partial charge is 0.497 e. The van der Waals surface area contributed by atoms with Gasteiger partial charge in [0.1, 0.15) is 5.75 Å². The summed E-state index contributed by atoms with van der Waals surface area (Å²) >= 11 is 3.50.